The van der Waals surface area contributed by atoms with Crippen molar-refractivity contribution in [1.82, 2.24) is 0 Å². The smallest absolute Gasteiger partial charge is 0.231 e. The summed E-state index contributed by atoms with van der Waals surface area (Å²) in [5.41, 5.74) is 1.52. The average molecular weight is 341 g/mol. The van der Waals surface area contributed by atoms with Crippen molar-refractivity contribution in [3.63, 3.8) is 0 Å². The van der Waals surface area contributed by atoms with E-state index in [1.807, 2.05) is 30.3 Å². The average Bonchev–Trinajstić information content (AvgIpc) is 3.05. The van der Waals surface area contributed by atoms with Gasteiger partial charge >= 0.3 is 0 Å². The Morgan fingerprint density at radius 2 is 1.62 bits per heavy atom. The molecule has 1 aliphatic rings. The van der Waals surface area contributed by atoms with Crippen LogP contribution in [0.15, 0.2) is 54.6 Å². The Bertz CT molecular complexity index is 672. The molecule has 1 fully saturated rings. The number of carbonyl (C=O) groups excluding carboxylic acids is 1. The summed E-state index contributed by atoms with van der Waals surface area (Å²) < 4.78 is -1.08. The fourth-order valence-corrected chi connectivity index (χ4v) is 3.51. The summed E-state index contributed by atoms with van der Waals surface area (Å²) >= 11 is 18.6. The fourth-order valence-electron chi connectivity index (χ4n) is 2.50. The van der Waals surface area contributed by atoms with E-state index in [2.05, 4.69) is 5.32 Å². The number of benzene rings is 2. The topological polar surface area (TPSA) is 29.1 Å². The Morgan fingerprint density at radius 1 is 1.00 bits per heavy atom. The van der Waals surface area contributed by atoms with Gasteiger partial charge in [-0.05, 0) is 17.7 Å². The summed E-state index contributed by atoms with van der Waals surface area (Å²) in [4.78, 5) is 12.4. The number of amides is 1. The SMILES string of the molecule is O=C(Nc1ccccc1Cl)[C@H]1[C@@H](c2ccccc2)C1(Cl)Cl. The third-order valence-electron chi connectivity index (χ3n) is 3.63. The van der Waals surface area contributed by atoms with Crippen molar-refractivity contribution < 1.29 is 4.79 Å². The highest BCUT2D eigenvalue weighted by atomic mass is 35.5. The van der Waals surface area contributed by atoms with Gasteiger partial charge in [-0.2, -0.15) is 0 Å². The zero-order chi connectivity index (χ0) is 15.0. The number of hydrogen-bond donors (Lipinski definition) is 1. The number of para-hydroxylation sites is 1. The molecule has 0 spiro atoms. The van der Waals surface area contributed by atoms with Crippen molar-refractivity contribution in [2.45, 2.75) is 10.3 Å². The van der Waals surface area contributed by atoms with Crippen LogP contribution in [-0.4, -0.2) is 10.2 Å². The van der Waals surface area contributed by atoms with Gasteiger partial charge in [-0.15, -0.1) is 23.2 Å². The molecule has 3 rings (SSSR count). The summed E-state index contributed by atoms with van der Waals surface area (Å²) in [7, 11) is 0. The molecule has 0 heterocycles. The highest BCUT2D eigenvalue weighted by Crippen LogP contribution is 2.65. The molecule has 0 radical (unpaired) electrons. The second-order valence-electron chi connectivity index (χ2n) is 5.01. The van der Waals surface area contributed by atoms with E-state index in [0.717, 1.165) is 5.56 Å². The molecular formula is C16H12Cl3NO. The third-order valence-corrected chi connectivity index (χ3v) is 4.90. The van der Waals surface area contributed by atoms with Crippen LogP contribution in [0.2, 0.25) is 5.02 Å². The van der Waals surface area contributed by atoms with E-state index in [0.29, 0.717) is 10.7 Å². The molecule has 5 heteroatoms. The first-order valence-electron chi connectivity index (χ1n) is 6.50. The first kappa shape index (κ1) is 14.7. The van der Waals surface area contributed by atoms with Gasteiger partial charge in [0.2, 0.25) is 5.91 Å². The number of anilines is 1. The lowest BCUT2D eigenvalue weighted by molar-refractivity contribution is -0.117. The van der Waals surface area contributed by atoms with Gasteiger partial charge in [0.05, 0.1) is 16.6 Å². The van der Waals surface area contributed by atoms with Crippen LogP contribution in [0, 0.1) is 5.92 Å². The Hall–Kier alpha value is -1.22. The van der Waals surface area contributed by atoms with Crippen molar-refractivity contribution in [1.29, 1.82) is 0 Å². The Balaban J connectivity index is 1.79. The second-order valence-corrected chi connectivity index (χ2v) is 6.86. The summed E-state index contributed by atoms with van der Waals surface area (Å²) in [5.74, 6) is -0.911. The first-order valence-corrected chi connectivity index (χ1v) is 7.63. The monoisotopic (exact) mass is 339 g/mol. The molecule has 1 amide bonds. The minimum Gasteiger partial charge on any atom is -0.324 e. The summed E-state index contributed by atoms with van der Waals surface area (Å²) in [6.07, 6.45) is 0. The molecule has 2 aromatic carbocycles. The van der Waals surface area contributed by atoms with Crippen molar-refractivity contribution in [3.05, 3.63) is 65.2 Å². The number of alkyl halides is 2. The zero-order valence-corrected chi connectivity index (χ0v) is 13.2. The summed E-state index contributed by atoms with van der Waals surface area (Å²) in [5, 5.41) is 3.27. The summed E-state index contributed by atoms with van der Waals surface area (Å²) in [6, 6.07) is 16.6. The maximum absolute atomic E-state index is 12.4. The van der Waals surface area contributed by atoms with Crippen LogP contribution in [0.25, 0.3) is 0 Å². The zero-order valence-electron chi connectivity index (χ0n) is 10.9. The van der Waals surface area contributed by atoms with Crippen molar-refractivity contribution >= 4 is 46.4 Å². The molecule has 0 bridgehead atoms. The number of carbonyl (C=O) groups is 1. The lowest BCUT2D eigenvalue weighted by Crippen LogP contribution is -2.17. The number of nitrogens with one attached hydrogen (secondary N) is 1. The standard InChI is InChI=1S/C16H12Cl3NO/c17-11-8-4-5-9-12(11)20-15(21)14-13(16(14,18)19)10-6-2-1-3-7-10/h1-9,13-14H,(H,20,21)/t13-,14-/m1/s1. The maximum Gasteiger partial charge on any atom is 0.231 e. The Morgan fingerprint density at radius 3 is 2.29 bits per heavy atom. The predicted octanol–water partition coefficient (Wildman–Crippen LogP) is 4.87. The molecule has 1 N–H and O–H groups in total. The quantitative estimate of drug-likeness (QED) is 0.794. The lowest BCUT2D eigenvalue weighted by Gasteiger charge is -2.06. The van der Waals surface area contributed by atoms with Crippen LogP contribution in [0.1, 0.15) is 11.5 Å². The van der Waals surface area contributed by atoms with E-state index >= 15 is 0 Å². The molecule has 1 saturated carbocycles. The van der Waals surface area contributed by atoms with E-state index in [1.54, 1.807) is 24.3 Å². The fraction of sp³-hybridized carbons (Fsp3) is 0.188. The lowest BCUT2D eigenvalue weighted by atomic mass is 10.1. The molecule has 21 heavy (non-hydrogen) atoms. The van der Waals surface area contributed by atoms with Crippen LogP contribution in [-0.2, 0) is 4.79 Å². The molecule has 2 aromatic rings. The van der Waals surface area contributed by atoms with Gasteiger partial charge in [-0.1, -0.05) is 54.1 Å². The normalized spacial score (nSPS) is 22.6. The molecular weight excluding hydrogens is 329 g/mol. The van der Waals surface area contributed by atoms with Crippen LogP contribution in [0.3, 0.4) is 0 Å². The van der Waals surface area contributed by atoms with Gasteiger partial charge in [0, 0.05) is 5.92 Å². The largest absolute Gasteiger partial charge is 0.324 e. The molecule has 2 atom stereocenters. The maximum atomic E-state index is 12.4. The highest BCUT2D eigenvalue weighted by molar-refractivity contribution is 6.53. The van der Waals surface area contributed by atoms with Gasteiger partial charge in [0.25, 0.3) is 0 Å². The molecule has 0 saturated heterocycles. The van der Waals surface area contributed by atoms with E-state index in [1.165, 1.54) is 0 Å². The van der Waals surface area contributed by atoms with Gasteiger partial charge in [0.1, 0.15) is 4.33 Å². The Kier molecular flexibility index (Phi) is 3.87. The van der Waals surface area contributed by atoms with E-state index in [9.17, 15) is 4.79 Å². The van der Waals surface area contributed by atoms with Gasteiger partial charge < -0.3 is 5.32 Å². The van der Waals surface area contributed by atoms with Crippen LogP contribution in [0.4, 0.5) is 5.69 Å². The summed E-state index contributed by atoms with van der Waals surface area (Å²) in [6.45, 7) is 0. The molecule has 0 unspecified atom stereocenters. The number of hydrogen-bond acceptors (Lipinski definition) is 1. The van der Waals surface area contributed by atoms with E-state index < -0.39 is 10.3 Å². The minimum absolute atomic E-state index is 0.204. The van der Waals surface area contributed by atoms with Crippen LogP contribution >= 0.6 is 34.8 Å². The van der Waals surface area contributed by atoms with Crippen LogP contribution in [0.5, 0.6) is 0 Å². The van der Waals surface area contributed by atoms with Crippen LogP contribution < -0.4 is 5.32 Å². The Labute approximate surface area is 138 Å². The first-order chi connectivity index (χ1) is 10.0. The van der Waals surface area contributed by atoms with E-state index in [4.69, 9.17) is 34.8 Å². The van der Waals surface area contributed by atoms with Gasteiger partial charge in [0.15, 0.2) is 0 Å². The van der Waals surface area contributed by atoms with Gasteiger partial charge in [-0.3, -0.25) is 4.79 Å². The van der Waals surface area contributed by atoms with Crippen molar-refractivity contribution in [2.24, 2.45) is 5.92 Å². The molecule has 0 aliphatic heterocycles. The second kappa shape index (κ2) is 5.53. The van der Waals surface area contributed by atoms with E-state index in [-0.39, 0.29) is 11.8 Å². The molecule has 108 valence electrons. The highest BCUT2D eigenvalue weighted by Gasteiger charge is 2.67. The molecule has 2 nitrogen and oxygen atoms in total. The third kappa shape index (κ3) is 2.76. The van der Waals surface area contributed by atoms with Crippen molar-refractivity contribution in [3.8, 4) is 0 Å². The van der Waals surface area contributed by atoms with Gasteiger partial charge in [-0.25, -0.2) is 0 Å². The molecule has 0 aromatic heterocycles. The number of rotatable bonds is 3. The minimum atomic E-state index is -1.08. The number of halogens is 3. The predicted molar refractivity (Wildman–Crippen MR) is 87.2 cm³/mol. The van der Waals surface area contributed by atoms with Crippen molar-refractivity contribution in [2.75, 3.05) is 5.32 Å². The molecule has 1 aliphatic carbocycles.